The Kier molecular flexibility index (Phi) is 8.34. The first-order valence-corrected chi connectivity index (χ1v) is 12.5. The van der Waals surface area contributed by atoms with E-state index < -0.39 is 5.97 Å². The number of nitrogens with zero attached hydrogens (tertiary/aromatic N) is 2. The maximum atomic E-state index is 12.7. The van der Waals surface area contributed by atoms with Gasteiger partial charge in [0.15, 0.2) is 0 Å². The predicted molar refractivity (Wildman–Crippen MR) is 145 cm³/mol. The molecule has 0 aliphatic heterocycles. The molecule has 8 nitrogen and oxygen atoms in total. The Morgan fingerprint density at radius 1 is 1.05 bits per heavy atom. The van der Waals surface area contributed by atoms with Crippen LogP contribution in [0.5, 0.6) is 5.75 Å². The van der Waals surface area contributed by atoms with E-state index in [0.29, 0.717) is 55.3 Å². The van der Waals surface area contributed by atoms with Gasteiger partial charge in [0.2, 0.25) is 0 Å². The first-order valence-electron chi connectivity index (χ1n) is 11.7. The maximum absolute atomic E-state index is 12.7. The average Bonchev–Trinajstić information content (AvgIpc) is 3.32. The molecule has 0 aliphatic carbocycles. The number of nitrogens with one attached hydrogen (secondary N) is 1. The van der Waals surface area contributed by atoms with E-state index in [2.05, 4.69) is 20.2 Å². The van der Waals surface area contributed by atoms with Crippen LogP contribution in [-0.4, -0.2) is 29.1 Å². The second-order valence-corrected chi connectivity index (χ2v) is 9.59. The molecule has 2 aromatic heterocycles. The summed E-state index contributed by atoms with van der Waals surface area (Å²) in [6, 6.07) is 13.2. The Bertz CT molecular complexity index is 1460. The minimum absolute atomic E-state index is 0.0512. The average molecular weight is 554 g/mol. The number of ether oxygens (including phenoxy) is 2. The zero-order chi connectivity index (χ0) is 27.4. The van der Waals surface area contributed by atoms with E-state index in [9.17, 15) is 9.59 Å². The van der Waals surface area contributed by atoms with Gasteiger partial charge in [-0.1, -0.05) is 48.3 Å². The molecule has 1 N–H and O–H groups in total. The van der Waals surface area contributed by atoms with Crippen molar-refractivity contribution in [2.45, 2.75) is 33.3 Å². The van der Waals surface area contributed by atoms with E-state index in [1.165, 1.54) is 25.4 Å². The van der Waals surface area contributed by atoms with Crippen LogP contribution >= 0.6 is 23.2 Å². The number of hydrogen-bond acceptors (Lipinski definition) is 7. The van der Waals surface area contributed by atoms with E-state index >= 15 is 0 Å². The minimum Gasteiger partial charge on any atom is -0.487 e. The second kappa shape index (κ2) is 11.7. The number of carbonyl (C=O) groups excluding carboxylic acids is 2. The van der Waals surface area contributed by atoms with Crippen LogP contribution in [0.3, 0.4) is 0 Å². The van der Waals surface area contributed by atoms with Gasteiger partial charge in [-0.2, -0.15) is 0 Å². The molecule has 0 fully saturated rings. The molecule has 196 valence electrons. The van der Waals surface area contributed by atoms with Gasteiger partial charge in [-0.3, -0.25) is 4.79 Å². The highest BCUT2D eigenvalue weighted by molar-refractivity contribution is 6.39. The molecule has 4 aromatic rings. The second-order valence-electron chi connectivity index (χ2n) is 8.77. The Labute approximate surface area is 229 Å². The number of methoxy groups -OCH3 is 1. The molecule has 0 saturated carbocycles. The quantitative estimate of drug-likeness (QED) is 0.232. The van der Waals surface area contributed by atoms with Crippen molar-refractivity contribution in [1.29, 1.82) is 0 Å². The number of aromatic nitrogens is 2. The molecule has 0 radical (unpaired) electrons. The molecule has 1 amide bonds. The summed E-state index contributed by atoms with van der Waals surface area (Å²) in [6.07, 6.45) is 1.52. The van der Waals surface area contributed by atoms with Crippen molar-refractivity contribution in [3.63, 3.8) is 0 Å². The number of halogens is 2. The van der Waals surface area contributed by atoms with Crippen LogP contribution in [0.15, 0.2) is 59.3 Å². The minimum atomic E-state index is -0.473. The Morgan fingerprint density at radius 2 is 1.71 bits per heavy atom. The zero-order valence-electron chi connectivity index (χ0n) is 21.2. The van der Waals surface area contributed by atoms with Crippen molar-refractivity contribution in [3.8, 4) is 17.0 Å². The van der Waals surface area contributed by atoms with E-state index in [0.717, 1.165) is 5.56 Å². The molecule has 0 saturated heterocycles. The molecule has 0 spiro atoms. The number of amides is 1. The van der Waals surface area contributed by atoms with Crippen molar-refractivity contribution in [2.75, 3.05) is 12.4 Å². The van der Waals surface area contributed by atoms with Crippen molar-refractivity contribution in [1.82, 2.24) is 10.1 Å². The zero-order valence-corrected chi connectivity index (χ0v) is 22.7. The lowest BCUT2D eigenvalue weighted by Gasteiger charge is -2.12. The molecular formula is C28H25Cl2N3O5. The number of esters is 1. The number of hydrogen-bond donors (Lipinski definition) is 1. The molecule has 0 bridgehead atoms. The standard InChI is InChI=1S/C28H25Cl2N3O5/c1-15(2)25-20(24(33-38-25)23-21(29)6-5-7-22(23)30)14-37-19-12-16(3)26(31-13-19)32-27(34)17-8-10-18(11-9-17)28(35)36-4/h5-13,15H,14H2,1-4H3,(H,31,32,34). The third-order valence-electron chi connectivity index (χ3n) is 5.78. The van der Waals surface area contributed by atoms with Gasteiger partial charge in [-0.15, -0.1) is 0 Å². The van der Waals surface area contributed by atoms with Crippen molar-refractivity contribution < 1.29 is 23.6 Å². The monoisotopic (exact) mass is 553 g/mol. The van der Waals surface area contributed by atoms with Crippen LogP contribution in [-0.2, 0) is 11.3 Å². The largest absolute Gasteiger partial charge is 0.487 e. The first-order chi connectivity index (χ1) is 18.2. The first kappa shape index (κ1) is 27.2. The molecule has 4 rings (SSSR count). The molecule has 0 aliphatic rings. The molecule has 38 heavy (non-hydrogen) atoms. The lowest BCUT2D eigenvalue weighted by Crippen LogP contribution is -2.14. The molecule has 10 heteroatoms. The lowest BCUT2D eigenvalue weighted by atomic mass is 10.0. The summed E-state index contributed by atoms with van der Waals surface area (Å²) in [5.74, 6) is 0.765. The highest BCUT2D eigenvalue weighted by atomic mass is 35.5. The number of aryl methyl sites for hydroxylation is 1. The highest BCUT2D eigenvalue weighted by Crippen LogP contribution is 2.38. The van der Waals surface area contributed by atoms with Crippen LogP contribution in [0.2, 0.25) is 10.0 Å². The van der Waals surface area contributed by atoms with Gasteiger partial charge < -0.3 is 19.3 Å². The SMILES string of the molecule is COC(=O)c1ccc(C(=O)Nc2ncc(OCc3c(-c4c(Cl)cccc4Cl)noc3C(C)C)cc2C)cc1. The third-order valence-corrected chi connectivity index (χ3v) is 6.41. The third kappa shape index (κ3) is 5.82. The smallest absolute Gasteiger partial charge is 0.337 e. The van der Waals surface area contributed by atoms with Gasteiger partial charge in [-0.25, -0.2) is 9.78 Å². The van der Waals surface area contributed by atoms with Crippen molar-refractivity contribution in [3.05, 3.63) is 92.8 Å². The molecule has 0 atom stereocenters. The molecule has 2 aromatic carbocycles. The van der Waals surface area contributed by atoms with Crippen LogP contribution in [0.1, 0.15) is 57.4 Å². The van der Waals surface area contributed by atoms with Crippen LogP contribution in [0, 0.1) is 6.92 Å². The normalized spacial score (nSPS) is 10.9. The van der Waals surface area contributed by atoms with E-state index in [1.807, 2.05) is 20.8 Å². The maximum Gasteiger partial charge on any atom is 0.337 e. The van der Waals surface area contributed by atoms with Gasteiger partial charge in [0.1, 0.15) is 29.6 Å². The van der Waals surface area contributed by atoms with Crippen molar-refractivity contribution in [2.24, 2.45) is 0 Å². The topological polar surface area (TPSA) is 104 Å². The molecule has 0 unspecified atom stereocenters. The summed E-state index contributed by atoms with van der Waals surface area (Å²) in [4.78, 5) is 28.6. The number of anilines is 1. The van der Waals surface area contributed by atoms with Gasteiger partial charge in [-0.05, 0) is 55.0 Å². The molecule has 2 heterocycles. The summed E-state index contributed by atoms with van der Waals surface area (Å²) in [6.45, 7) is 5.94. The van der Waals surface area contributed by atoms with Crippen LogP contribution in [0.4, 0.5) is 5.82 Å². The van der Waals surface area contributed by atoms with E-state index in [-0.39, 0.29) is 18.4 Å². The van der Waals surface area contributed by atoms with Crippen molar-refractivity contribution >= 4 is 40.9 Å². The lowest BCUT2D eigenvalue weighted by molar-refractivity contribution is 0.0600. The summed E-state index contributed by atoms with van der Waals surface area (Å²) < 4.78 is 16.4. The highest BCUT2D eigenvalue weighted by Gasteiger charge is 2.24. The molecular weight excluding hydrogens is 529 g/mol. The summed E-state index contributed by atoms with van der Waals surface area (Å²) in [5.41, 5.74) is 3.27. The van der Waals surface area contributed by atoms with Gasteiger partial charge in [0, 0.05) is 17.0 Å². The van der Waals surface area contributed by atoms with E-state index in [1.54, 1.807) is 36.4 Å². The summed E-state index contributed by atoms with van der Waals surface area (Å²) >= 11 is 12.8. The van der Waals surface area contributed by atoms with E-state index in [4.69, 9.17) is 32.5 Å². The number of pyridine rings is 1. The summed E-state index contributed by atoms with van der Waals surface area (Å²) in [7, 11) is 1.30. The van der Waals surface area contributed by atoms with Gasteiger partial charge in [0.05, 0.1) is 34.5 Å². The fraction of sp³-hybridized carbons (Fsp3) is 0.214. The Hall–Kier alpha value is -3.88. The van der Waals surface area contributed by atoms with Crippen LogP contribution < -0.4 is 10.1 Å². The fourth-order valence-corrected chi connectivity index (χ4v) is 4.38. The Morgan fingerprint density at radius 3 is 2.32 bits per heavy atom. The number of carbonyl (C=O) groups is 2. The Balaban J connectivity index is 1.50. The number of benzene rings is 2. The summed E-state index contributed by atoms with van der Waals surface area (Å²) in [5, 5.41) is 7.94. The predicted octanol–water partition coefficient (Wildman–Crippen LogP) is 7.09. The fourth-order valence-electron chi connectivity index (χ4n) is 3.81. The van der Waals surface area contributed by atoms with Crippen LogP contribution in [0.25, 0.3) is 11.3 Å². The number of rotatable bonds is 8. The van der Waals surface area contributed by atoms with Gasteiger partial charge in [0.25, 0.3) is 5.91 Å². The van der Waals surface area contributed by atoms with Gasteiger partial charge >= 0.3 is 5.97 Å².